The Labute approximate surface area is 209 Å². The lowest BCUT2D eigenvalue weighted by atomic mass is 10.1. The monoisotopic (exact) mass is 518 g/mol. The molecule has 0 spiro atoms. The maximum absolute atomic E-state index is 10.3. The molecule has 0 saturated carbocycles. The number of ether oxygens (including phenoxy) is 3. The molecule has 4 aromatic rings. The fourth-order valence-electron chi connectivity index (χ4n) is 3.47. The van der Waals surface area contributed by atoms with Crippen molar-refractivity contribution in [2.45, 2.75) is 6.10 Å². The molecule has 4 rings (SSSR count). The highest BCUT2D eigenvalue weighted by atomic mass is 31.2. The van der Waals surface area contributed by atoms with Crippen LogP contribution in [0, 0.1) is 0 Å². The van der Waals surface area contributed by atoms with Gasteiger partial charge in [-0.2, -0.15) is 0 Å². The van der Waals surface area contributed by atoms with E-state index in [1.54, 1.807) is 7.11 Å². The van der Waals surface area contributed by atoms with Crippen LogP contribution in [0.15, 0.2) is 66.7 Å². The lowest BCUT2D eigenvalue weighted by molar-refractivity contribution is 0.106. The number of phosphoric acid groups is 1. The van der Waals surface area contributed by atoms with Crippen molar-refractivity contribution in [3.63, 3.8) is 0 Å². The number of H-pyrrole nitrogens is 1. The van der Waals surface area contributed by atoms with E-state index in [9.17, 15) is 9.67 Å². The van der Waals surface area contributed by atoms with Crippen molar-refractivity contribution < 1.29 is 38.2 Å². The lowest BCUT2D eigenvalue weighted by Crippen LogP contribution is -2.33. The molecule has 36 heavy (non-hydrogen) atoms. The Kier molecular flexibility index (Phi) is 10.1. The van der Waals surface area contributed by atoms with Gasteiger partial charge in [-0.05, 0) is 30.3 Å². The second-order valence-electron chi connectivity index (χ2n) is 7.69. The Morgan fingerprint density at radius 3 is 2.25 bits per heavy atom. The van der Waals surface area contributed by atoms with Gasteiger partial charge in [0.2, 0.25) is 0 Å². The Hall–Kier alpha value is -3.11. The van der Waals surface area contributed by atoms with E-state index in [0.717, 1.165) is 34.7 Å². The third-order valence-corrected chi connectivity index (χ3v) is 5.62. The van der Waals surface area contributed by atoms with Crippen LogP contribution in [0.2, 0.25) is 0 Å². The lowest BCUT2D eigenvalue weighted by Gasteiger charge is -2.15. The van der Waals surface area contributed by atoms with Gasteiger partial charge in [0.15, 0.2) is 11.5 Å². The van der Waals surface area contributed by atoms with Crippen LogP contribution < -0.4 is 19.5 Å². The van der Waals surface area contributed by atoms with Crippen LogP contribution in [0.4, 0.5) is 0 Å². The minimum atomic E-state index is -4.15. The van der Waals surface area contributed by atoms with Gasteiger partial charge >= 0.3 is 7.82 Å². The van der Waals surface area contributed by atoms with Crippen molar-refractivity contribution in [2.75, 3.05) is 40.5 Å². The summed E-state index contributed by atoms with van der Waals surface area (Å²) in [5.74, 6) is 2.18. The number of hydrogen-bond acceptors (Lipinski definition) is 7. The maximum atomic E-state index is 10.3. The molecule has 194 valence electrons. The number of methoxy groups -OCH3 is 1. The fourth-order valence-corrected chi connectivity index (χ4v) is 3.47. The number of phosphoric ester groups is 1. The van der Waals surface area contributed by atoms with Crippen molar-refractivity contribution in [1.29, 1.82) is 0 Å². The van der Waals surface area contributed by atoms with Crippen molar-refractivity contribution in [2.24, 2.45) is 0 Å². The van der Waals surface area contributed by atoms with E-state index in [-0.39, 0.29) is 6.61 Å². The van der Waals surface area contributed by atoms with Crippen LogP contribution in [-0.2, 0) is 9.09 Å². The number of aromatic amines is 1. The molecule has 1 heterocycles. The standard InChI is InChI=1S/C24H26N2O4.CH5O4P/c1-28-21-10-4-5-11-22(21)29-14-13-25-15-17(27)16-30-23-12-6-9-20-24(23)18-7-2-3-8-19(18)26-20;1-5-6(2,3)4/h2-12,17,25-27H,13-16H2,1H3;1H3,(H2,2,3,4). The quantitative estimate of drug-likeness (QED) is 0.149. The van der Waals surface area contributed by atoms with E-state index in [2.05, 4.69) is 20.9 Å². The van der Waals surface area contributed by atoms with Crippen molar-refractivity contribution >= 4 is 29.6 Å². The van der Waals surface area contributed by atoms with Crippen LogP contribution >= 0.6 is 7.82 Å². The largest absolute Gasteiger partial charge is 0.493 e. The van der Waals surface area contributed by atoms with E-state index in [1.165, 1.54) is 0 Å². The number of hydrogen-bond donors (Lipinski definition) is 5. The molecule has 0 fully saturated rings. The molecule has 0 amide bonds. The van der Waals surface area contributed by atoms with Gasteiger partial charge in [-0.15, -0.1) is 0 Å². The summed E-state index contributed by atoms with van der Waals surface area (Å²) in [6.45, 7) is 1.70. The van der Waals surface area contributed by atoms with E-state index in [4.69, 9.17) is 24.0 Å². The van der Waals surface area contributed by atoms with Crippen LogP contribution in [-0.4, -0.2) is 66.5 Å². The zero-order valence-electron chi connectivity index (χ0n) is 20.1. The Bertz CT molecular complexity index is 1290. The van der Waals surface area contributed by atoms with Crippen LogP contribution in [0.25, 0.3) is 21.8 Å². The summed E-state index contributed by atoms with van der Waals surface area (Å²) in [6.07, 6.45) is -0.628. The number of nitrogens with one attached hydrogen (secondary N) is 2. The molecule has 5 N–H and O–H groups in total. The minimum absolute atomic E-state index is 0.207. The van der Waals surface area contributed by atoms with Crippen LogP contribution in [0.1, 0.15) is 0 Å². The Morgan fingerprint density at radius 1 is 0.889 bits per heavy atom. The number of fused-ring (bicyclic) bond motifs is 3. The highest BCUT2D eigenvalue weighted by Gasteiger charge is 2.11. The number of aliphatic hydroxyl groups is 1. The number of benzene rings is 3. The van der Waals surface area contributed by atoms with Gasteiger partial charge in [0.25, 0.3) is 0 Å². The Balaban J connectivity index is 0.000000538. The summed E-state index contributed by atoms with van der Waals surface area (Å²) < 4.78 is 30.0. The number of para-hydroxylation sites is 3. The summed E-state index contributed by atoms with van der Waals surface area (Å²) in [5.41, 5.74) is 2.09. The summed E-state index contributed by atoms with van der Waals surface area (Å²) in [5, 5.41) is 15.6. The fraction of sp³-hybridized carbons (Fsp3) is 0.280. The van der Waals surface area contributed by atoms with Gasteiger partial charge in [0, 0.05) is 36.5 Å². The van der Waals surface area contributed by atoms with Crippen LogP contribution in [0.3, 0.4) is 0 Å². The van der Waals surface area contributed by atoms with E-state index < -0.39 is 13.9 Å². The Morgan fingerprint density at radius 2 is 1.53 bits per heavy atom. The smallest absolute Gasteiger partial charge is 0.469 e. The maximum Gasteiger partial charge on any atom is 0.469 e. The third kappa shape index (κ3) is 7.96. The normalized spacial score (nSPS) is 12.1. The van der Waals surface area contributed by atoms with E-state index in [1.807, 2.05) is 60.7 Å². The van der Waals surface area contributed by atoms with Crippen molar-refractivity contribution in [1.82, 2.24) is 10.3 Å². The molecule has 11 heteroatoms. The molecule has 10 nitrogen and oxygen atoms in total. The SMILES string of the molecule is COP(=O)(O)O.COc1ccccc1OCCNCC(O)COc1cccc2[nH]c3ccccc3c12. The number of aliphatic hydroxyl groups excluding tert-OH is 1. The summed E-state index contributed by atoms with van der Waals surface area (Å²) in [6, 6.07) is 21.6. The summed E-state index contributed by atoms with van der Waals surface area (Å²) >= 11 is 0. The average Bonchev–Trinajstić information content (AvgIpc) is 3.27. The number of rotatable bonds is 11. The molecule has 1 unspecified atom stereocenters. The van der Waals surface area contributed by atoms with Gasteiger partial charge in [-0.3, -0.25) is 4.52 Å². The molecular formula is C25H31N2O8P. The first kappa shape index (κ1) is 27.5. The topological polar surface area (TPSA) is 143 Å². The van der Waals surface area contributed by atoms with Gasteiger partial charge in [0.05, 0.1) is 12.6 Å². The minimum Gasteiger partial charge on any atom is -0.493 e. The van der Waals surface area contributed by atoms with Gasteiger partial charge in [-0.25, -0.2) is 4.57 Å². The molecule has 0 aliphatic rings. The second kappa shape index (κ2) is 13.3. The zero-order chi connectivity index (χ0) is 26.0. The van der Waals surface area contributed by atoms with E-state index >= 15 is 0 Å². The molecule has 1 atom stereocenters. The first-order valence-corrected chi connectivity index (χ1v) is 12.7. The van der Waals surface area contributed by atoms with E-state index in [0.29, 0.717) is 31.2 Å². The highest BCUT2D eigenvalue weighted by Crippen LogP contribution is 2.34. The predicted molar refractivity (Wildman–Crippen MR) is 138 cm³/mol. The zero-order valence-corrected chi connectivity index (χ0v) is 21.0. The molecule has 0 bridgehead atoms. The molecule has 0 radical (unpaired) electrons. The first-order chi connectivity index (χ1) is 17.3. The predicted octanol–water partition coefficient (Wildman–Crippen LogP) is 3.46. The van der Waals surface area contributed by atoms with Gasteiger partial charge < -0.3 is 39.4 Å². The second-order valence-corrected chi connectivity index (χ2v) is 9.04. The van der Waals surface area contributed by atoms with Crippen LogP contribution in [0.5, 0.6) is 17.2 Å². The van der Waals surface area contributed by atoms with Gasteiger partial charge in [-0.1, -0.05) is 36.4 Å². The summed E-state index contributed by atoms with van der Waals surface area (Å²) in [4.78, 5) is 18.8. The number of aromatic nitrogens is 1. The molecule has 0 aliphatic carbocycles. The molecule has 3 aromatic carbocycles. The van der Waals surface area contributed by atoms with Crippen molar-refractivity contribution in [3.8, 4) is 17.2 Å². The van der Waals surface area contributed by atoms with Gasteiger partial charge in [0.1, 0.15) is 25.1 Å². The molecule has 0 aliphatic heterocycles. The molecule has 1 aromatic heterocycles. The average molecular weight is 519 g/mol. The molecular weight excluding hydrogens is 487 g/mol. The first-order valence-electron chi connectivity index (χ1n) is 11.2. The molecule has 0 saturated heterocycles. The summed E-state index contributed by atoms with van der Waals surface area (Å²) in [7, 11) is -1.58. The van der Waals surface area contributed by atoms with Crippen molar-refractivity contribution in [3.05, 3.63) is 66.7 Å². The highest BCUT2D eigenvalue weighted by molar-refractivity contribution is 7.46. The third-order valence-electron chi connectivity index (χ3n) is 5.15.